The van der Waals surface area contributed by atoms with Crippen molar-refractivity contribution in [1.29, 1.82) is 0 Å². The molecule has 0 atom stereocenters. The van der Waals surface area contributed by atoms with E-state index in [1.807, 2.05) is 91.0 Å². The van der Waals surface area contributed by atoms with Crippen molar-refractivity contribution in [2.24, 2.45) is 0 Å². The summed E-state index contributed by atoms with van der Waals surface area (Å²) in [4.78, 5) is 37.1. The lowest BCUT2D eigenvalue weighted by atomic mass is 10.1. The summed E-state index contributed by atoms with van der Waals surface area (Å²) >= 11 is 0. The first-order valence-electron chi connectivity index (χ1n) is 12.4. The van der Waals surface area contributed by atoms with Crippen LogP contribution in [0.3, 0.4) is 0 Å². The Labute approximate surface area is 231 Å². The number of rotatable bonds is 7. The molecule has 1 aliphatic heterocycles. The van der Waals surface area contributed by atoms with Gasteiger partial charge in [0.1, 0.15) is 5.76 Å². The van der Waals surface area contributed by atoms with Gasteiger partial charge in [0, 0.05) is 29.3 Å². The summed E-state index contributed by atoms with van der Waals surface area (Å²) in [6.07, 6.45) is 2.78. The van der Waals surface area contributed by atoms with Crippen molar-refractivity contribution in [2.45, 2.75) is 0 Å². The maximum absolute atomic E-state index is 14.1. The molecule has 0 amide bonds. The van der Waals surface area contributed by atoms with Gasteiger partial charge in [-0.2, -0.15) is 0 Å². The van der Waals surface area contributed by atoms with Gasteiger partial charge < -0.3 is 9.47 Å². The van der Waals surface area contributed by atoms with Gasteiger partial charge in [-0.05, 0) is 41.0 Å². The molecule has 0 radical (unpaired) electrons. The first-order valence-corrected chi connectivity index (χ1v) is 14.2. The molecule has 1 aliphatic rings. The van der Waals surface area contributed by atoms with E-state index in [1.165, 1.54) is 43.5 Å². The fourth-order valence-electron chi connectivity index (χ4n) is 4.84. The Hall–Kier alpha value is -5.00. The first-order chi connectivity index (χ1) is 19.5. The van der Waals surface area contributed by atoms with Crippen LogP contribution >= 0.6 is 6.89 Å². The lowest BCUT2D eigenvalue weighted by molar-refractivity contribution is -0.384. The average Bonchev–Trinajstić information content (AvgIpc) is 3.34. The third kappa shape index (κ3) is 4.79. The van der Waals surface area contributed by atoms with Crippen molar-refractivity contribution >= 4 is 51.5 Å². The van der Waals surface area contributed by atoms with Crippen molar-refractivity contribution in [3.63, 3.8) is 0 Å². The maximum atomic E-state index is 14.1. The molecule has 0 spiro atoms. The number of nitro groups is 1. The van der Waals surface area contributed by atoms with Crippen molar-refractivity contribution < 1.29 is 24.0 Å². The molecule has 8 heteroatoms. The number of non-ortho nitro benzene ring substituents is 1. The molecule has 0 N–H and O–H groups in total. The Morgan fingerprint density at radius 1 is 0.800 bits per heavy atom. The number of ether oxygens (including phenoxy) is 2. The highest BCUT2D eigenvalue weighted by atomic mass is 31.2. The Morgan fingerprint density at radius 2 is 1.27 bits per heavy atom. The van der Waals surface area contributed by atoms with Crippen LogP contribution in [0.2, 0.25) is 0 Å². The predicted molar refractivity (Wildman–Crippen MR) is 157 cm³/mol. The third-order valence-electron chi connectivity index (χ3n) is 6.58. The molecule has 5 rings (SSSR count). The molecular weight excluding hydrogens is 525 g/mol. The minimum Gasteiger partial charge on any atom is -0.466 e. The van der Waals surface area contributed by atoms with E-state index < -0.39 is 23.7 Å². The Bertz CT molecular complexity index is 1590. The zero-order valence-electron chi connectivity index (χ0n) is 21.5. The minimum absolute atomic E-state index is 0.0933. The van der Waals surface area contributed by atoms with E-state index in [9.17, 15) is 19.7 Å². The number of benzene rings is 4. The molecule has 4 aromatic carbocycles. The number of esters is 2. The number of methoxy groups -OCH3 is 1. The van der Waals surface area contributed by atoms with Crippen molar-refractivity contribution in [3.05, 3.63) is 149 Å². The van der Waals surface area contributed by atoms with Crippen LogP contribution in [0.1, 0.15) is 5.56 Å². The Morgan fingerprint density at radius 3 is 1.70 bits per heavy atom. The monoisotopic (exact) mass is 549 g/mol. The lowest BCUT2D eigenvalue weighted by Crippen LogP contribution is -2.33. The quantitative estimate of drug-likeness (QED) is 0.109. The van der Waals surface area contributed by atoms with E-state index >= 15 is 0 Å². The van der Waals surface area contributed by atoms with Gasteiger partial charge >= 0.3 is 11.9 Å². The summed E-state index contributed by atoms with van der Waals surface area (Å²) in [5.74, 6) is -0.942. The second-order valence-corrected chi connectivity index (χ2v) is 12.2. The third-order valence-corrected chi connectivity index (χ3v) is 10.9. The zero-order chi connectivity index (χ0) is 28.1. The van der Waals surface area contributed by atoms with Gasteiger partial charge in [-0.25, -0.2) is 9.59 Å². The number of cyclic esters (lactones) is 1. The van der Waals surface area contributed by atoms with Gasteiger partial charge in [0.05, 0.1) is 17.3 Å². The van der Waals surface area contributed by atoms with Crippen molar-refractivity contribution in [3.8, 4) is 0 Å². The number of nitro benzene ring substituents is 1. The second kappa shape index (κ2) is 11.4. The molecule has 0 unspecified atom stereocenters. The van der Waals surface area contributed by atoms with Gasteiger partial charge in [-0.1, -0.05) is 91.0 Å². The summed E-state index contributed by atoms with van der Waals surface area (Å²) in [6.45, 7) is -2.89. The molecule has 0 saturated heterocycles. The normalized spacial score (nSPS) is 13.4. The molecule has 0 bridgehead atoms. The smallest absolute Gasteiger partial charge is 0.345 e. The number of hydrogen-bond donors (Lipinski definition) is 0. The lowest BCUT2D eigenvalue weighted by Gasteiger charge is -2.30. The van der Waals surface area contributed by atoms with Crippen LogP contribution in [0.4, 0.5) is 5.69 Å². The van der Waals surface area contributed by atoms with Gasteiger partial charge in [0.15, 0.2) is 0 Å². The first kappa shape index (κ1) is 26.6. The standard InChI is InChI=1S/C32H24NO6P/c1-38-29(34)22-21-28-30(23-17-19-24(20-18-23)33(36)37)39-32(35)31(28)40(25-11-5-2-6-12-25,26-13-7-3-8-14-26)27-15-9-4-10-16-27/h2-22H,1H3/b22-21+. The summed E-state index contributed by atoms with van der Waals surface area (Å²) in [7, 11) is 1.27. The molecule has 40 heavy (non-hydrogen) atoms. The average molecular weight is 550 g/mol. The highest BCUT2D eigenvalue weighted by Gasteiger charge is 2.41. The Kier molecular flexibility index (Phi) is 7.58. The van der Waals surface area contributed by atoms with Gasteiger partial charge in [-0.15, -0.1) is 0 Å². The van der Waals surface area contributed by atoms with Gasteiger partial charge in [-0.3, -0.25) is 10.1 Å². The SMILES string of the molecule is COC(=O)/C=C/C1=C(c2ccc([N+](=O)[O-])cc2)OC(=O)C1=P(c1ccccc1)(c1ccccc1)c1ccccc1. The molecule has 0 fully saturated rings. The molecule has 0 aromatic heterocycles. The van der Waals surface area contributed by atoms with Crippen LogP contribution in [0.5, 0.6) is 0 Å². The molecular formula is C32H24NO6P. The fourth-order valence-corrected chi connectivity index (χ4v) is 9.23. The summed E-state index contributed by atoms with van der Waals surface area (Å²) in [5, 5.41) is 14.4. The fraction of sp³-hybridized carbons (Fsp3) is 0.0312. The van der Waals surface area contributed by atoms with Gasteiger partial charge in [0.25, 0.3) is 5.69 Å². The van der Waals surface area contributed by atoms with Crippen LogP contribution in [0.15, 0.2) is 133 Å². The van der Waals surface area contributed by atoms with Crippen LogP contribution < -0.4 is 15.9 Å². The number of hydrogen-bond acceptors (Lipinski definition) is 6. The van der Waals surface area contributed by atoms with Crippen molar-refractivity contribution in [2.75, 3.05) is 7.11 Å². The van der Waals surface area contributed by atoms with E-state index in [4.69, 9.17) is 9.47 Å². The second-order valence-electron chi connectivity index (χ2n) is 8.82. The molecule has 0 aliphatic carbocycles. The summed E-state index contributed by atoms with van der Waals surface area (Å²) in [5.41, 5.74) is 0.782. The highest BCUT2D eigenvalue weighted by Crippen LogP contribution is 2.50. The van der Waals surface area contributed by atoms with Crippen LogP contribution in [0, 0.1) is 10.1 Å². The topological polar surface area (TPSA) is 95.7 Å². The summed E-state index contributed by atoms with van der Waals surface area (Å²) in [6, 6.07) is 35.1. The highest BCUT2D eigenvalue weighted by molar-refractivity contribution is 7.96. The molecule has 1 heterocycles. The minimum atomic E-state index is -2.89. The molecule has 0 saturated carbocycles. The maximum Gasteiger partial charge on any atom is 0.345 e. The van der Waals surface area contributed by atoms with E-state index in [0.29, 0.717) is 16.4 Å². The zero-order valence-corrected chi connectivity index (χ0v) is 22.4. The Balaban J connectivity index is 1.97. The predicted octanol–water partition coefficient (Wildman–Crippen LogP) is 4.76. The number of carbonyl (C=O) groups is 2. The molecule has 198 valence electrons. The summed E-state index contributed by atoms with van der Waals surface area (Å²) < 4.78 is 10.8. The van der Waals surface area contributed by atoms with Crippen LogP contribution in [0.25, 0.3) is 5.76 Å². The number of carbonyl (C=O) groups excluding carboxylic acids is 2. The molecule has 7 nitrogen and oxygen atoms in total. The molecule has 4 aromatic rings. The van der Waals surface area contributed by atoms with Crippen LogP contribution in [-0.2, 0) is 19.1 Å². The number of allylic oxidation sites excluding steroid dienone is 1. The van der Waals surface area contributed by atoms with Crippen molar-refractivity contribution in [1.82, 2.24) is 0 Å². The van der Waals surface area contributed by atoms with Gasteiger partial charge in [0.2, 0.25) is 0 Å². The van der Waals surface area contributed by atoms with E-state index in [0.717, 1.165) is 15.9 Å². The van der Waals surface area contributed by atoms with Crippen LogP contribution in [-0.4, -0.2) is 29.3 Å². The number of nitrogens with zero attached hydrogens (tertiary/aromatic N) is 1. The van der Waals surface area contributed by atoms with E-state index in [2.05, 4.69) is 0 Å². The largest absolute Gasteiger partial charge is 0.466 e. The van der Waals surface area contributed by atoms with E-state index in [1.54, 1.807) is 0 Å². The van der Waals surface area contributed by atoms with E-state index in [-0.39, 0.29) is 11.4 Å².